The highest BCUT2D eigenvalue weighted by atomic mass is 14.7. The molecule has 1 heteroatoms. The fourth-order valence-electron chi connectivity index (χ4n) is 7.49. The highest BCUT2D eigenvalue weighted by Gasteiger charge is 2.71. The molecule has 2 saturated carbocycles. The first-order chi connectivity index (χ1) is 11.9. The van der Waals surface area contributed by atoms with E-state index in [1.165, 1.54) is 31.2 Å². The van der Waals surface area contributed by atoms with Crippen molar-refractivity contribution >= 4 is 0 Å². The van der Waals surface area contributed by atoms with Crippen LogP contribution in [0.2, 0.25) is 0 Å². The Morgan fingerprint density at radius 1 is 0.958 bits per heavy atom. The zero-order valence-electron chi connectivity index (χ0n) is 13.9. The molecule has 0 N–H and O–H groups in total. The van der Waals surface area contributed by atoms with E-state index in [0.717, 1.165) is 5.92 Å². The average molecular weight is 313 g/mol. The number of nitriles is 1. The molecule has 1 aromatic carbocycles. The molecule has 8 aliphatic rings. The van der Waals surface area contributed by atoms with E-state index < -0.39 is 0 Å². The molecule has 24 heavy (non-hydrogen) atoms. The van der Waals surface area contributed by atoms with Crippen molar-refractivity contribution in [1.82, 2.24) is 0 Å². The number of fused-ring (bicyclic) bond motifs is 1. The Morgan fingerprint density at radius 2 is 1.75 bits per heavy atom. The van der Waals surface area contributed by atoms with Crippen molar-refractivity contribution in [3.8, 4) is 6.07 Å². The van der Waals surface area contributed by atoms with Gasteiger partial charge in [0.15, 0.2) is 0 Å². The van der Waals surface area contributed by atoms with Gasteiger partial charge in [0.1, 0.15) is 0 Å². The summed E-state index contributed by atoms with van der Waals surface area (Å²) in [6, 6.07) is 12.1. The number of allylic oxidation sites excluding steroid dienone is 4. The lowest BCUT2D eigenvalue weighted by Crippen LogP contribution is -2.65. The van der Waals surface area contributed by atoms with Gasteiger partial charge in [0.25, 0.3) is 0 Å². The van der Waals surface area contributed by atoms with Crippen LogP contribution in [0.25, 0.3) is 0 Å². The maximum Gasteiger partial charge on any atom is 0.0750 e. The molecule has 0 heterocycles. The molecule has 2 fully saturated rings. The summed E-state index contributed by atoms with van der Waals surface area (Å²) >= 11 is 0. The molecule has 120 valence electrons. The van der Waals surface area contributed by atoms with Crippen LogP contribution >= 0.6 is 0 Å². The number of nitrogens with zero attached hydrogens (tertiary/aromatic N) is 1. The van der Waals surface area contributed by atoms with Crippen molar-refractivity contribution in [2.75, 3.05) is 0 Å². The van der Waals surface area contributed by atoms with E-state index in [1.807, 2.05) is 0 Å². The van der Waals surface area contributed by atoms with E-state index in [2.05, 4.69) is 54.6 Å². The first kappa shape index (κ1) is 13.5. The third kappa shape index (κ3) is 1.32. The van der Waals surface area contributed by atoms with E-state index in [1.54, 1.807) is 5.56 Å². The Balaban J connectivity index is 1.67. The Kier molecular flexibility index (Phi) is 2.48. The molecule has 0 aromatic heterocycles. The molecule has 0 unspecified atom stereocenters. The minimum atomic E-state index is -0.144. The molecule has 8 aliphatic carbocycles. The molecular weight excluding hydrogens is 290 g/mol. The van der Waals surface area contributed by atoms with Gasteiger partial charge in [-0.3, -0.25) is 0 Å². The molecule has 0 saturated heterocycles. The number of rotatable bonds is 0. The van der Waals surface area contributed by atoms with Crippen molar-refractivity contribution in [3.63, 3.8) is 0 Å². The third-order valence-corrected chi connectivity index (χ3v) is 8.15. The summed E-state index contributed by atoms with van der Waals surface area (Å²) in [5.41, 5.74) is 2.96. The van der Waals surface area contributed by atoms with Gasteiger partial charge in [-0.25, -0.2) is 0 Å². The largest absolute Gasteiger partial charge is 0.198 e. The fourth-order valence-corrected chi connectivity index (χ4v) is 7.49. The lowest BCUT2D eigenvalue weighted by molar-refractivity contribution is -0.130. The van der Waals surface area contributed by atoms with Gasteiger partial charge in [0, 0.05) is 5.92 Å². The highest BCUT2D eigenvalue weighted by molar-refractivity contribution is 5.50. The number of hydrogen-bond acceptors (Lipinski definition) is 1. The minimum Gasteiger partial charge on any atom is -0.198 e. The van der Waals surface area contributed by atoms with Crippen molar-refractivity contribution in [3.05, 3.63) is 59.7 Å². The van der Waals surface area contributed by atoms with Crippen LogP contribution in [0.3, 0.4) is 0 Å². The number of hydrogen-bond donors (Lipinski definition) is 0. The molecule has 0 radical (unpaired) electrons. The second-order valence-electron chi connectivity index (χ2n) is 8.69. The summed E-state index contributed by atoms with van der Waals surface area (Å²) in [5.74, 6) is 3.99. The van der Waals surface area contributed by atoms with Crippen LogP contribution in [0.15, 0.2) is 48.6 Å². The normalized spacial score (nSPS) is 49.2. The minimum absolute atomic E-state index is 0.144. The van der Waals surface area contributed by atoms with Crippen LogP contribution in [0.4, 0.5) is 0 Å². The second kappa shape index (κ2) is 4.42. The molecule has 0 aliphatic heterocycles. The van der Waals surface area contributed by atoms with Crippen LogP contribution in [0, 0.1) is 46.3 Å². The van der Waals surface area contributed by atoms with E-state index in [0.29, 0.717) is 35.5 Å². The summed E-state index contributed by atoms with van der Waals surface area (Å²) < 4.78 is 0. The number of benzene rings is 1. The summed E-state index contributed by atoms with van der Waals surface area (Å²) in [7, 11) is 0. The second-order valence-corrected chi connectivity index (χ2v) is 8.69. The van der Waals surface area contributed by atoms with Crippen molar-refractivity contribution in [2.45, 2.75) is 37.5 Å². The lowest BCUT2D eigenvalue weighted by Gasteiger charge is -2.69. The average Bonchev–Trinajstić information content (AvgIpc) is 2.62. The van der Waals surface area contributed by atoms with Gasteiger partial charge in [-0.05, 0) is 72.3 Å². The van der Waals surface area contributed by atoms with E-state index in [-0.39, 0.29) is 5.41 Å². The van der Waals surface area contributed by atoms with Gasteiger partial charge in [-0.1, -0.05) is 48.6 Å². The predicted octanol–water partition coefficient (Wildman–Crippen LogP) is 5.19. The fraction of sp³-hybridized carbons (Fsp3) is 0.522. The summed E-state index contributed by atoms with van der Waals surface area (Å²) in [4.78, 5) is 0. The van der Waals surface area contributed by atoms with Gasteiger partial charge in [-0.15, -0.1) is 0 Å². The van der Waals surface area contributed by atoms with E-state index in [4.69, 9.17) is 0 Å². The van der Waals surface area contributed by atoms with Gasteiger partial charge in [0.05, 0.1) is 11.5 Å². The van der Waals surface area contributed by atoms with E-state index in [9.17, 15) is 5.26 Å². The van der Waals surface area contributed by atoms with Crippen LogP contribution in [0.1, 0.15) is 48.6 Å². The van der Waals surface area contributed by atoms with Crippen LogP contribution in [0.5, 0.6) is 0 Å². The lowest BCUT2D eigenvalue weighted by atomic mass is 9.32. The first-order valence-corrected chi connectivity index (χ1v) is 9.71. The zero-order valence-corrected chi connectivity index (χ0v) is 13.9. The van der Waals surface area contributed by atoms with Crippen LogP contribution in [-0.4, -0.2) is 0 Å². The van der Waals surface area contributed by atoms with Gasteiger partial charge in [-0.2, -0.15) is 5.26 Å². The zero-order chi connectivity index (χ0) is 15.9. The highest BCUT2D eigenvalue weighted by Crippen LogP contribution is 2.76. The monoisotopic (exact) mass is 313 g/mol. The van der Waals surface area contributed by atoms with Crippen molar-refractivity contribution < 1.29 is 0 Å². The third-order valence-electron chi connectivity index (χ3n) is 8.15. The van der Waals surface area contributed by atoms with Gasteiger partial charge < -0.3 is 0 Å². The maximum absolute atomic E-state index is 10.5. The molecular formula is C23H23N. The molecule has 0 amide bonds. The van der Waals surface area contributed by atoms with Gasteiger partial charge >= 0.3 is 0 Å². The standard InChI is InChI=1S/C23H23N/c24-13-23-19-8-4-3-7-18(19)22(23)20-14-9-11-15(12-10-14)21(23)17-6-2-1-5-16(17)20/h1-2,4-6,8-9,11,14-15,18-22H,3,7,10,12H2/t14-,15-,18-,19+,20-,21-,22-,23+/m1/s1. The Hall–Kier alpha value is -1.81. The van der Waals surface area contributed by atoms with E-state index >= 15 is 0 Å². The molecule has 9 rings (SSSR count). The van der Waals surface area contributed by atoms with Crippen LogP contribution < -0.4 is 0 Å². The smallest absolute Gasteiger partial charge is 0.0750 e. The van der Waals surface area contributed by atoms with Crippen molar-refractivity contribution in [2.24, 2.45) is 35.0 Å². The molecule has 1 nitrogen and oxygen atoms in total. The van der Waals surface area contributed by atoms with Crippen LogP contribution in [-0.2, 0) is 0 Å². The SMILES string of the molecule is N#C[C@]12[C@H]([C@@H]3CCC=C[C@@H]31)[C@H]1c3ccccc3[C@H]2[C@@H]2C=C[C@@H]1CC2. The molecule has 1 aromatic rings. The quantitative estimate of drug-likeness (QED) is 0.605. The first-order valence-electron chi connectivity index (χ1n) is 9.71. The molecule has 4 bridgehead atoms. The Morgan fingerprint density at radius 3 is 2.54 bits per heavy atom. The maximum atomic E-state index is 10.5. The van der Waals surface area contributed by atoms with Crippen molar-refractivity contribution in [1.29, 1.82) is 5.26 Å². The van der Waals surface area contributed by atoms with Gasteiger partial charge in [0.2, 0.25) is 0 Å². The summed E-state index contributed by atoms with van der Waals surface area (Å²) in [6.45, 7) is 0. The Labute approximate surface area is 144 Å². The Bertz CT molecular complexity index is 812. The summed E-state index contributed by atoms with van der Waals surface area (Å²) in [5, 5.41) is 10.5. The molecule has 0 spiro atoms. The predicted molar refractivity (Wildman–Crippen MR) is 94.2 cm³/mol. The topological polar surface area (TPSA) is 23.8 Å². The summed E-state index contributed by atoms with van der Waals surface area (Å²) in [6.07, 6.45) is 14.9. The molecule has 8 atom stereocenters.